The molecular weight excluding hydrogens is 323 g/mol. The summed E-state index contributed by atoms with van der Waals surface area (Å²) in [4.78, 5) is 16.1. The standard InChI is InChI=1S/C18H23FN4O2/c19-15-6-4-14(5-7-15)18-22-17(25-23-18)3-1-2-16(24)21-11-9-13-8-10-20-12-13/h4-7,13,20H,1-3,8-12H2,(H,21,24). The number of benzene rings is 1. The molecule has 2 N–H and O–H groups in total. The van der Waals surface area contributed by atoms with Crippen LogP contribution in [-0.4, -0.2) is 35.7 Å². The molecular formula is C18H23FN4O2. The minimum atomic E-state index is -0.303. The zero-order chi connectivity index (χ0) is 17.5. The number of amides is 1. The van der Waals surface area contributed by atoms with Gasteiger partial charge in [0.2, 0.25) is 17.6 Å². The number of hydrogen-bond donors (Lipinski definition) is 2. The first-order valence-electron chi connectivity index (χ1n) is 8.76. The van der Waals surface area contributed by atoms with Gasteiger partial charge in [0.05, 0.1) is 0 Å². The van der Waals surface area contributed by atoms with Crippen molar-refractivity contribution >= 4 is 5.91 Å². The highest BCUT2D eigenvalue weighted by atomic mass is 19.1. The number of carbonyl (C=O) groups excluding carboxylic acids is 1. The van der Waals surface area contributed by atoms with Gasteiger partial charge in [0, 0.05) is 24.9 Å². The van der Waals surface area contributed by atoms with E-state index >= 15 is 0 Å². The lowest BCUT2D eigenvalue weighted by molar-refractivity contribution is -0.121. The van der Waals surface area contributed by atoms with Crippen molar-refractivity contribution in [3.63, 3.8) is 0 Å². The van der Waals surface area contributed by atoms with Crippen molar-refractivity contribution in [3.05, 3.63) is 36.0 Å². The number of halogens is 1. The number of nitrogens with zero attached hydrogens (tertiary/aromatic N) is 2. The Morgan fingerprint density at radius 1 is 1.36 bits per heavy atom. The molecule has 1 aromatic heterocycles. The summed E-state index contributed by atoms with van der Waals surface area (Å²) in [7, 11) is 0. The highest BCUT2D eigenvalue weighted by Gasteiger charge is 2.14. The van der Waals surface area contributed by atoms with E-state index in [0.29, 0.717) is 42.5 Å². The van der Waals surface area contributed by atoms with Gasteiger partial charge >= 0.3 is 0 Å². The number of nitrogens with one attached hydrogen (secondary N) is 2. The molecule has 1 saturated heterocycles. The van der Waals surface area contributed by atoms with Crippen LogP contribution < -0.4 is 10.6 Å². The predicted octanol–water partition coefficient (Wildman–Crippen LogP) is 2.31. The second kappa shape index (κ2) is 8.71. The Kier molecular flexibility index (Phi) is 6.11. The SMILES string of the molecule is O=C(CCCc1nc(-c2ccc(F)cc2)no1)NCCC1CCNC1. The number of carbonyl (C=O) groups is 1. The fraction of sp³-hybridized carbons (Fsp3) is 0.500. The van der Waals surface area contributed by atoms with Gasteiger partial charge in [-0.2, -0.15) is 4.98 Å². The van der Waals surface area contributed by atoms with Gasteiger partial charge in [0.15, 0.2) is 0 Å². The van der Waals surface area contributed by atoms with E-state index in [4.69, 9.17) is 4.52 Å². The number of aromatic nitrogens is 2. The largest absolute Gasteiger partial charge is 0.356 e. The van der Waals surface area contributed by atoms with Gasteiger partial charge in [0.1, 0.15) is 5.82 Å². The van der Waals surface area contributed by atoms with Crippen molar-refractivity contribution < 1.29 is 13.7 Å². The summed E-state index contributed by atoms with van der Waals surface area (Å²) in [5.74, 6) is 1.37. The second-order valence-corrected chi connectivity index (χ2v) is 6.37. The smallest absolute Gasteiger partial charge is 0.226 e. The van der Waals surface area contributed by atoms with Crippen molar-refractivity contribution in [3.8, 4) is 11.4 Å². The second-order valence-electron chi connectivity index (χ2n) is 6.37. The Morgan fingerprint density at radius 2 is 2.20 bits per heavy atom. The fourth-order valence-corrected chi connectivity index (χ4v) is 2.94. The van der Waals surface area contributed by atoms with Gasteiger partial charge in [-0.05, 0) is 62.5 Å². The monoisotopic (exact) mass is 346 g/mol. The van der Waals surface area contributed by atoms with Crippen LogP contribution in [0.15, 0.2) is 28.8 Å². The summed E-state index contributed by atoms with van der Waals surface area (Å²) in [6.07, 6.45) is 3.88. The predicted molar refractivity (Wildman–Crippen MR) is 91.2 cm³/mol. The van der Waals surface area contributed by atoms with Crippen LogP contribution in [0.1, 0.15) is 31.6 Å². The van der Waals surface area contributed by atoms with Crippen LogP contribution in [0.3, 0.4) is 0 Å². The number of aryl methyl sites for hydroxylation is 1. The lowest BCUT2D eigenvalue weighted by Crippen LogP contribution is -2.26. The van der Waals surface area contributed by atoms with Crippen LogP contribution in [0.5, 0.6) is 0 Å². The Morgan fingerprint density at radius 3 is 2.96 bits per heavy atom. The Balaban J connectivity index is 1.36. The van der Waals surface area contributed by atoms with E-state index in [-0.39, 0.29) is 11.7 Å². The minimum absolute atomic E-state index is 0.0595. The molecule has 1 amide bonds. The molecule has 25 heavy (non-hydrogen) atoms. The molecule has 1 unspecified atom stereocenters. The molecule has 1 aromatic carbocycles. The van der Waals surface area contributed by atoms with Crippen LogP contribution in [0.4, 0.5) is 4.39 Å². The maximum atomic E-state index is 12.9. The highest BCUT2D eigenvalue weighted by Crippen LogP contribution is 2.17. The fourth-order valence-electron chi connectivity index (χ4n) is 2.94. The first-order chi connectivity index (χ1) is 12.2. The summed E-state index contributed by atoms with van der Waals surface area (Å²) >= 11 is 0. The van der Waals surface area contributed by atoms with E-state index in [0.717, 1.165) is 26.1 Å². The van der Waals surface area contributed by atoms with Crippen LogP contribution >= 0.6 is 0 Å². The maximum absolute atomic E-state index is 12.9. The topological polar surface area (TPSA) is 80.0 Å². The zero-order valence-electron chi connectivity index (χ0n) is 14.1. The third kappa shape index (κ3) is 5.35. The van der Waals surface area contributed by atoms with E-state index in [1.165, 1.54) is 18.6 Å². The Bertz CT molecular complexity index is 681. The summed E-state index contributed by atoms with van der Waals surface area (Å²) in [6.45, 7) is 2.88. The number of rotatable bonds is 8. The summed E-state index contributed by atoms with van der Waals surface area (Å²) < 4.78 is 18.1. The third-order valence-electron chi connectivity index (χ3n) is 4.40. The third-order valence-corrected chi connectivity index (χ3v) is 4.40. The van der Waals surface area contributed by atoms with Crippen molar-refractivity contribution in [2.75, 3.05) is 19.6 Å². The van der Waals surface area contributed by atoms with Gasteiger partial charge in [-0.3, -0.25) is 4.79 Å². The van der Waals surface area contributed by atoms with Gasteiger partial charge in [-0.1, -0.05) is 5.16 Å². The van der Waals surface area contributed by atoms with E-state index in [2.05, 4.69) is 20.8 Å². The molecule has 2 heterocycles. The van der Waals surface area contributed by atoms with Crippen LogP contribution in [0.2, 0.25) is 0 Å². The van der Waals surface area contributed by atoms with E-state index in [9.17, 15) is 9.18 Å². The normalized spacial score (nSPS) is 16.9. The van der Waals surface area contributed by atoms with Gasteiger partial charge in [-0.15, -0.1) is 0 Å². The molecule has 3 rings (SSSR count). The molecule has 7 heteroatoms. The van der Waals surface area contributed by atoms with Crippen molar-refractivity contribution in [2.45, 2.75) is 32.1 Å². The maximum Gasteiger partial charge on any atom is 0.226 e. The first kappa shape index (κ1) is 17.5. The average Bonchev–Trinajstić information content (AvgIpc) is 3.28. The van der Waals surface area contributed by atoms with Crippen LogP contribution in [0.25, 0.3) is 11.4 Å². The Labute approximate surface area is 146 Å². The summed E-state index contributed by atoms with van der Waals surface area (Å²) in [6, 6.07) is 5.93. The molecule has 1 atom stereocenters. The molecule has 0 radical (unpaired) electrons. The van der Waals surface area contributed by atoms with Crippen LogP contribution in [0, 0.1) is 11.7 Å². The van der Waals surface area contributed by atoms with E-state index in [1.807, 2.05) is 0 Å². The Hall–Kier alpha value is -2.28. The molecule has 2 aromatic rings. The van der Waals surface area contributed by atoms with Crippen molar-refractivity contribution in [2.24, 2.45) is 5.92 Å². The average molecular weight is 346 g/mol. The molecule has 0 aliphatic carbocycles. The van der Waals surface area contributed by atoms with Crippen molar-refractivity contribution in [1.29, 1.82) is 0 Å². The molecule has 6 nitrogen and oxygen atoms in total. The summed E-state index contributed by atoms with van der Waals surface area (Å²) in [5.41, 5.74) is 0.704. The molecule has 1 aliphatic rings. The highest BCUT2D eigenvalue weighted by molar-refractivity contribution is 5.75. The first-order valence-corrected chi connectivity index (χ1v) is 8.76. The zero-order valence-corrected chi connectivity index (χ0v) is 14.1. The lowest BCUT2D eigenvalue weighted by atomic mass is 10.1. The van der Waals surface area contributed by atoms with E-state index < -0.39 is 0 Å². The molecule has 0 spiro atoms. The molecule has 134 valence electrons. The lowest BCUT2D eigenvalue weighted by Gasteiger charge is -2.08. The molecule has 1 fully saturated rings. The summed E-state index contributed by atoms with van der Waals surface area (Å²) in [5, 5.41) is 10.2. The van der Waals surface area contributed by atoms with Gasteiger partial charge < -0.3 is 15.2 Å². The van der Waals surface area contributed by atoms with E-state index in [1.54, 1.807) is 12.1 Å². The van der Waals surface area contributed by atoms with Crippen LogP contribution in [-0.2, 0) is 11.2 Å². The van der Waals surface area contributed by atoms with Crippen molar-refractivity contribution in [1.82, 2.24) is 20.8 Å². The molecule has 0 bridgehead atoms. The van der Waals surface area contributed by atoms with Gasteiger partial charge in [-0.25, -0.2) is 4.39 Å². The molecule has 0 saturated carbocycles. The minimum Gasteiger partial charge on any atom is -0.356 e. The number of hydrogen-bond acceptors (Lipinski definition) is 5. The van der Waals surface area contributed by atoms with Gasteiger partial charge in [0.25, 0.3) is 0 Å². The quantitative estimate of drug-likeness (QED) is 0.767. The molecule has 1 aliphatic heterocycles.